The van der Waals surface area contributed by atoms with E-state index >= 15 is 0 Å². The predicted octanol–water partition coefficient (Wildman–Crippen LogP) is 5.63. The zero-order chi connectivity index (χ0) is 24.5. The van der Waals surface area contributed by atoms with E-state index in [1.165, 1.54) is 35.4 Å². The number of nitrogens with one attached hydrogen (secondary N) is 1. The third-order valence-electron chi connectivity index (χ3n) is 6.53. The predicted molar refractivity (Wildman–Crippen MR) is 134 cm³/mol. The van der Waals surface area contributed by atoms with E-state index < -0.39 is 17.7 Å². The molecule has 4 aromatic rings. The molecule has 0 radical (unpaired) electrons. The fourth-order valence-electron chi connectivity index (χ4n) is 4.70. The lowest BCUT2D eigenvalue weighted by Gasteiger charge is -2.20. The molecule has 2 heterocycles. The van der Waals surface area contributed by atoms with Crippen LogP contribution in [0.4, 0.5) is 15.9 Å². The van der Waals surface area contributed by atoms with Gasteiger partial charge in [-0.2, -0.15) is 0 Å². The van der Waals surface area contributed by atoms with Crippen molar-refractivity contribution in [3.8, 4) is 0 Å². The Balaban J connectivity index is 1.43. The summed E-state index contributed by atoms with van der Waals surface area (Å²) in [5.41, 5.74) is 3.98. The molecule has 3 aromatic carbocycles. The minimum Gasteiger partial charge on any atom is -0.478 e. The third kappa shape index (κ3) is 4.57. The highest BCUT2D eigenvalue weighted by atomic mass is 19.1. The number of carboxylic acids is 1. The molecule has 176 valence electrons. The second kappa shape index (κ2) is 9.18. The Labute approximate surface area is 202 Å². The lowest BCUT2D eigenvalue weighted by molar-refractivity contribution is 0.0698. The first-order chi connectivity index (χ1) is 16.9. The molecule has 1 aliphatic rings. The molecule has 0 spiro atoms. The van der Waals surface area contributed by atoms with Crippen molar-refractivity contribution in [2.75, 3.05) is 23.3 Å². The maximum absolute atomic E-state index is 13.1. The Kier molecular flexibility index (Phi) is 5.91. The van der Waals surface area contributed by atoms with Crippen LogP contribution in [0.25, 0.3) is 10.9 Å². The van der Waals surface area contributed by atoms with E-state index in [1.54, 1.807) is 24.3 Å². The Morgan fingerprint density at radius 1 is 1.06 bits per heavy atom. The molecule has 1 atom stereocenters. The number of aryl methyl sites for hydroxylation is 1. The first kappa shape index (κ1) is 22.5. The highest BCUT2D eigenvalue weighted by Gasteiger charge is 2.27. The number of benzene rings is 3. The summed E-state index contributed by atoms with van der Waals surface area (Å²) in [5.74, 6) is -0.899. The number of anilines is 2. The van der Waals surface area contributed by atoms with Crippen LogP contribution < -0.4 is 10.2 Å². The van der Waals surface area contributed by atoms with Crippen LogP contribution in [0.5, 0.6) is 0 Å². The van der Waals surface area contributed by atoms with E-state index in [9.17, 15) is 19.1 Å². The number of fused-ring (bicyclic) bond motifs is 1. The largest absolute Gasteiger partial charge is 0.478 e. The highest BCUT2D eigenvalue weighted by Crippen LogP contribution is 2.33. The Hall–Kier alpha value is -4.26. The minimum atomic E-state index is -1.06. The summed E-state index contributed by atoms with van der Waals surface area (Å²) < 4.78 is 13.1. The lowest BCUT2D eigenvalue weighted by atomic mass is 9.94. The SMILES string of the molecule is Cc1ccccc1C1CCN(c2cc(C(=O)O)c3cc(NC(=O)c4ccc(F)cc4)ccc3n2)C1. The summed E-state index contributed by atoms with van der Waals surface area (Å²) >= 11 is 0. The molecule has 1 saturated heterocycles. The molecule has 35 heavy (non-hydrogen) atoms. The number of pyridine rings is 1. The fraction of sp³-hybridized carbons (Fsp3) is 0.179. The summed E-state index contributed by atoms with van der Waals surface area (Å²) in [7, 11) is 0. The summed E-state index contributed by atoms with van der Waals surface area (Å²) in [5, 5.41) is 13.1. The molecule has 1 fully saturated rings. The smallest absolute Gasteiger partial charge is 0.336 e. The van der Waals surface area contributed by atoms with Gasteiger partial charge in [0.25, 0.3) is 5.91 Å². The van der Waals surface area contributed by atoms with E-state index in [0.29, 0.717) is 33.9 Å². The number of carbonyl (C=O) groups is 2. The zero-order valence-corrected chi connectivity index (χ0v) is 19.2. The highest BCUT2D eigenvalue weighted by molar-refractivity contribution is 6.08. The molecule has 5 rings (SSSR count). The van der Waals surface area contributed by atoms with Crippen molar-refractivity contribution >= 4 is 34.3 Å². The van der Waals surface area contributed by atoms with Crippen LogP contribution in [0.1, 0.15) is 44.2 Å². The molecule has 7 heteroatoms. The molecule has 0 aliphatic carbocycles. The number of nitrogens with zero attached hydrogens (tertiary/aromatic N) is 2. The second-order valence-corrected chi connectivity index (χ2v) is 8.81. The quantitative estimate of drug-likeness (QED) is 0.396. The van der Waals surface area contributed by atoms with E-state index in [2.05, 4.69) is 29.3 Å². The van der Waals surface area contributed by atoms with Crippen LogP contribution in [-0.2, 0) is 0 Å². The summed E-state index contributed by atoms with van der Waals surface area (Å²) in [6.45, 7) is 3.68. The Bertz CT molecular complexity index is 1440. The van der Waals surface area contributed by atoms with Crippen LogP contribution in [-0.4, -0.2) is 35.1 Å². The monoisotopic (exact) mass is 469 g/mol. The van der Waals surface area contributed by atoms with Gasteiger partial charge < -0.3 is 15.3 Å². The summed E-state index contributed by atoms with van der Waals surface area (Å²) in [6, 6.07) is 20.2. The molecule has 1 amide bonds. The number of carboxylic acid groups (broad SMARTS) is 1. The van der Waals surface area contributed by atoms with Gasteiger partial charge in [-0.25, -0.2) is 14.2 Å². The van der Waals surface area contributed by atoms with Crippen LogP contribution in [0, 0.1) is 12.7 Å². The van der Waals surface area contributed by atoms with Gasteiger partial charge >= 0.3 is 5.97 Å². The van der Waals surface area contributed by atoms with E-state index in [0.717, 1.165) is 19.5 Å². The molecular weight excluding hydrogens is 445 g/mol. The summed E-state index contributed by atoms with van der Waals surface area (Å²) in [6.07, 6.45) is 0.974. The molecule has 1 aliphatic heterocycles. The molecule has 6 nitrogen and oxygen atoms in total. The molecule has 1 aromatic heterocycles. The van der Waals surface area contributed by atoms with Crippen molar-refractivity contribution in [1.29, 1.82) is 0 Å². The molecule has 0 saturated carbocycles. The van der Waals surface area contributed by atoms with E-state index in [1.807, 2.05) is 12.1 Å². The molecule has 0 bridgehead atoms. The third-order valence-corrected chi connectivity index (χ3v) is 6.53. The fourth-order valence-corrected chi connectivity index (χ4v) is 4.70. The Morgan fingerprint density at radius 3 is 2.57 bits per heavy atom. The van der Waals surface area contributed by atoms with E-state index in [-0.39, 0.29) is 5.56 Å². The number of halogens is 1. The van der Waals surface area contributed by atoms with Crippen molar-refractivity contribution in [3.63, 3.8) is 0 Å². The number of hydrogen-bond donors (Lipinski definition) is 2. The van der Waals surface area contributed by atoms with Crippen LogP contribution >= 0.6 is 0 Å². The van der Waals surface area contributed by atoms with Crippen molar-refractivity contribution in [1.82, 2.24) is 4.98 Å². The van der Waals surface area contributed by atoms with Gasteiger partial charge in [-0.3, -0.25) is 4.79 Å². The lowest BCUT2D eigenvalue weighted by Crippen LogP contribution is -2.21. The van der Waals surface area contributed by atoms with Crippen molar-refractivity contribution in [2.45, 2.75) is 19.3 Å². The van der Waals surface area contributed by atoms with Gasteiger partial charge in [-0.05, 0) is 73.0 Å². The number of rotatable bonds is 5. The Morgan fingerprint density at radius 2 is 1.83 bits per heavy atom. The molecule has 1 unspecified atom stereocenters. The van der Waals surface area contributed by atoms with Crippen LogP contribution in [0.15, 0.2) is 72.8 Å². The second-order valence-electron chi connectivity index (χ2n) is 8.81. The first-order valence-electron chi connectivity index (χ1n) is 11.4. The van der Waals surface area contributed by atoms with Gasteiger partial charge in [-0.15, -0.1) is 0 Å². The van der Waals surface area contributed by atoms with Gasteiger partial charge in [0.05, 0.1) is 11.1 Å². The van der Waals surface area contributed by atoms with Gasteiger partial charge in [0.15, 0.2) is 0 Å². The average Bonchev–Trinajstić information content (AvgIpc) is 3.34. The van der Waals surface area contributed by atoms with Crippen LogP contribution in [0.2, 0.25) is 0 Å². The van der Waals surface area contributed by atoms with Gasteiger partial charge in [0.1, 0.15) is 11.6 Å². The van der Waals surface area contributed by atoms with Crippen molar-refractivity contribution in [3.05, 3.63) is 101 Å². The number of hydrogen-bond acceptors (Lipinski definition) is 4. The maximum atomic E-state index is 13.1. The van der Waals surface area contributed by atoms with E-state index in [4.69, 9.17) is 4.98 Å². The summed E-state index contributed by atoms with van der Waals surface area (Å²) in [4.78, 5) is 31.5. The maximum Gasteiger partial charge on any atom is 0.336 e. The number of carbonyl (C=O) groups excluding carboxylic acids is 1. The van der Waals surface area contributed by atoms with Crippen molar-refractivity contribution in [2.24, 2.45) is 0 Å². The standard InChI is InChI=1S/C28H24FN3O3/c1-17-4-2-3-5-22(17)19-12-13-32(16-19)26-15-24(28(34)35)23-14-21(10-11-25(23)31-26)30-27(33)18-6-8-20(29)9-7-18/h2-11,14-15,19H,12-13,16H2,1H3,(H,30,33)(H,34,35). The van der Waals surface area contributed by atoms with Crippen LogP contribution in [0.3, 0.4) is 0 Å². The topological polar surface area (TPSA) is 82.5 Å². The first-order valence-corrected chi connectivity index (χ1v) is 11.4. The van der Waals surface area contributed by atoms with Gasteiger partial charge in [0, 0.05) is 35.6 Å². The average molecular weight is 470 g/mol. The molecular formula is C28H24FN3O3. The number of aromatic nitrogens is 1. The minimum absolute atomic E-state index is 0.127. The van der Waals surface area contributed by atoms with Gasteiger partial charge in [-0.1, -0.05) is 24.3 Å². The number of amides is 1. The van der Waals surface area contributed by atoms with Gasteiger partial charge in [0.2, 0.25) is 0 Å². The zero-order valence-electron chi connectivity index (χ0n) is 19.2. The molecule has 2 N–H and O–H groups in total. The van der Waals surface area contributed by atoms with Crippen molar-refractivity contribution < 1.29 is 19.1 Å². The number of aromatic carboxylic acids is 1. The normalized spacial score (nSPS) is 15.4.